The van der Waals surface area contributed by atoms with Crippen LogP contribution >= 0.6 is 0 Å². The Balaban J connectivity index is 2.19. The van der Waals surface area contributed by atoms with E-state index < -0.39 is 45.8 Å². The van der Waals surface area contributed by atoms with Gasteiger partial charge in [-0.3, -0.25) is 19.7 Å². The van der Waals surface area contributed by atoms with E-state index in [4.69, 9.17) is 4.74 Å². The summed E-state index contributed by atoms with van der Waals surface area (Å²) >= 11 is 0. The smallest absolute Gasteiger partial charge is 0.311 e. The highest BCUT2D eigenvalue weighted by atomic mass is 19.2. The number of benzene rings is 2. The summed E-state index contributed by atoms with van der Waals surface area (Å²) in [5, 5.41) is 13.0. The number of ether oxygens (including phenoxy) is 1. The second-order valence-corrected chi connectivity index (χ2v) is 5.07. The van der Waals surface area contributed by atoms with E-state index in [0.717, 1.165) is 18.2 Å². The maximum atomic E-state index is 13.6. The van der Waals surface area contributed by atoms with E-state index in [9.17, 15) is 32.9 Å². The number of aldehydes is 1. The van der Waals surface area contributed by atoms with Crippen molar-refractivity contribution in [3.05, 3.63) is 63.5 Å². The lowest BCUT2D eigenvalue weighted by atomic mass is 10.2. The highest BCUT2D eigenvalue weighted by Gasteiger charge is 2.23. The van der Waals surface area contributed by atoms with Crippen molar-refractivity contribution in [2.75, 3.05) is 5.32 Å². The van der Waals surface area contributed by atoms with Crippen LogP contribution in [0.5, 0.6) is 5.75 Å². The molecule has 0 aromatic heterocycles. The Kier molecular flexibility index (Phi) is 5.55. The quantitative estimate of drug-likeness (QED) is 0.365. The minimum absolute atomic E-state index is 0.0324. The maximum Gasteiger partial charge on any atom is 0.311 e. The van der Waals surface area contributed by atoms with Crippen molar-refractivity contribution in [3.8, 4) is 5.75 Å². The minimum atomic E-state index is -1.75. The van der Waals surface area contributed by atoms with Crippen LogP contribution in [0.1, 0.15) is 17.3 Å². The van der Waals surface area contributed by atoms with Crippen molar-refractivity contribution < 1.29 is 32.4 Å². The number of carbonyl (C=O) groups is 2. The summed E-state index contributed by atoms with van der Waals surface area (Å²) in [4.78, 5) is 32.9. The van der Waals surface area contributed by atoms with Crippen LogP contribution in [0.2, 0.25) is 0 Å². The Morgan fingerprint density at radius 1 is 1.23 bits per heavy atom. The van der Waals surface area contributed by atoms with E-state index in [1.54, 1.807) is 0 Å². The molecule has 0 unspecified atom stereocenters. The maximum absolute atomic E-state index is 13.6. The van der Waals surface area contributed by atoms with Gasteiger partial charge in [-0.1, -0.05) is 0 Å². The Labute approximate surface area is 144 Å². The van der Waals surface area contributed by atoms with Crippen LogP contribution in [0.15, 0.2) is 30.3 Å². The van der Waals surface area contributed by atoms with Crippen LogP contribution in [0.4, 0.5) is 24.5 Å². The monoisotopic (exact) mass is 368 g/mol. The van der Waals surface area contributed by atoms with Gasteiger partial charge < -0.3 is 10.1 Å². The molecule has 0 aliphatic heterocycles. The SMILES string of the molecule is C[C@@H](Oc1ccc(C=O)cc1[N+](=O)[O-])C(=O)Nc1ccc(F)c(F)c1F. The lowest BCUT2D eigenvalue weighted by Crippen LogP contribution is -2.30. The normalized spacial score (nSPS) is 11.5. The number of carbonyl (C=O) groups excluding carboxylic acids is 2. The molecule has 1 atom stereocenters. The molecule has 26 heavy (non-hydrogen) atoms. The third-order valence-corrected chi connectivity index (χ3v) is 3.28. The van der Waals surface area contributed by atoms with Gasteiger partial charge in [0.1, 0.15) is 6.29 Å². The Hall–Kier alpha value is -3.43. The van der Waals surface area contributed by atoms with Crippen LogP contribution < -0.4 is 10.1 Å². The predicted molar refractivity (Wildman–Crippen MR) is 83.5 cm³/mol. The number of amides is 1. The average molecular weight is 368 g/mol. The third-order valence-electron chi connectivity index (χ3n) is 3.28. The highest BCUT2D eigenvalue weighted by Crippen LogP contribution is 2.29. The zero-order valence-electron chi connectivity index (χ0n) is 13.2. The average Bonchev–Trinajstić information content (AvgIpc) is 2.62. The zero-order valence-corrected chi connectivity index (χ0v) is 13.2. The van der Waals surface area contributed by atoms with Gasteiger partial charge in [-0.15, -0.1) is 0 Å². The number of halogens is 3. The predicted octanol–water partition coefficient (Wildman–Crippen LogP) is 3.23. The standard InChI is InChI=1S/C16H11F3N2O5/c1-8(16(23)20-11-4-3-10(17)14(18)15(11)19)26-13-5-2-9(7-22)6-12(13)21(24)25/h2-8H,1H3,(H,20,23)/t8-/m1/s1. The topological polar surface area (TPSA) is 98.5 Å². The van der Waals surface area contributed by atoms with E-state index in [1.165, 1.54) is 13.0 Å². The summed E-state index contributed by atoms with van der Waals surface area (Å²) in [6.07, 6.45) is -0.943. The Morgan fingerprint density at radius 3 is 2.54 bits per heavy atom. The Bertz CT molecular complexity index is 888. The molecule has 0 radical (unpaired) electrons. The molecule has 2 aromatic rings. The fourth-order valence-corrected chi connectivity index (χ4v) is 1.95. The molecular formula is C16H11F3N2O5. The van der Waals surface area contributed by atoms with Crippen LogP contribution in [-0.4, -0.2) is 23.2 Å². The van der Waals surface area contributed by atoms with Crippen molar-refractivity contribution >= 4 is 23.6 Å². The molecule has 0 fully saturated rings. The van der Waals surface area contributed by atoms with Crippen LogP contribution in [0.3, 0.4) is 0 Å². The first-order valence-electron chi connectivity index (χ1n) is 7.09. The molecule has 1 N–H and O–H groups in total. The number of rotatable bonds is 6. The van der Waals surface area contributed by atoms with Crippen molar-refractivity contribution in [1.82, 2.24) is 0 Å². The van der Waals surface area contributed by atoms with Gasteiger partial charge in [-0.2, -0.15) is 0 Å². The van der Waals surface area contributed by atoms with Crippen molar-refractivity contribution in [2.45, 2.75) is 13.0 Å². The lowest BCUT2D eigenvalue weighted by molar-refractivity contribution is -0.386. The molecule has 0 saturated carbocycles. The van der Waals surface area contributed by atoms with Crippen LogP contribution in [0, 0.1) is 27.6 Å². The molecule has 0 bridgehead atoms. The van der Waals surface area contributed by atoms with Crippen molar-refractivity contribution in [2.24, 2.45) is 0 Å². The molecule has 0 spiro atoms. The van der Waals surface area contributed by atoms with Gasteiger partial charge >= 0.3 is 5.69 Å². The molecule has 7 nitrogen and oxygen atoms in total. The summed E-state index contributed by atoms with van der Waals surface area (Å²) in [6.45, 7) is 1.21. The van der Waals surface area contributed by atoms with E-state index in [1.807, 2.05) is 5.32 Å². The van der Waals surface area contributed by atoms with E-state index in [0.29, 0.717) is 12.4 Å². The highest BCUT2D eigenvalue weighted by molar-refractivity contribution is 5.94. The fourth-order valence-electron chi connectivity index (χ4n) is 1.95. The molecule has 10 heteroatoms. The number of hydrogen-bond acceptors (Lipinski definition) is 5. The van der Waals surface area contributed by atoms with Gasteiger partial charge in [0, 0.05) is 11.6 Å². The third kappa shape index (κ3) is 3.97. The Morgan fingerprint density at radius 2 is 1.92 bits per heavy atom. The summed E-state index contributed by atoms with van der Waals surface area (Å²) < 4.78 is 44.8. The zero-order chi connectivity index (χ0) is 19.4. The number of nitrogens with zero attached hydrogens (tertiary/aromatic N) is 1. The lowest BCUT2D eigenvalue weighted by Gasteiger charge is -2.15. The number of nitrogens with one attached hydrogen (secondary N) is 1. The first kappa shape index (κ1) is 18.9. The molecule has 0 aliphatic rings. The van der Waals surface area contributed by atoms with Gasteiger partial charge in [0.05, 0.1) is 10.6 Å². The van der Waals surface area contributed by atoms with Crippen molar-refractivity contribution in [1.29, 1.82) is 0 Å². The van der Waals surface area contributed by atoms with E-state index >= 15 is 0 Å². The first-order chi connectivity index (χ1) is 12.2. The van der Waals surface area contributed by atoms with Gasteiger partial charge in [0.2, 0.25) is 0 Å². The fraction of sp³-hybridized carbons (Fsp3) is 0.125. The number of hydrogen-bond donors (Lipinski definition) is 1. The summed E-state index contributed by atoms with van der Waals surface area (Å²) in [5.74, 6) is -6.02. The summed E-state index contributed by atoms with van der Waals surface area (Å²) in [5.41, 5.74) is -1.13. The van der Waals surface area contributed by atoms with E-state index in [2.05, 4.69) is 0 Å². The number of anilines is 1. The van der Waals surface area contributed by atoms with Gasteiger partial charge in [0.25, 0.3) is 5.91 Å². The molecule has 1 amide bonds. The molecule has 0 heterocycles. The second kappa shape index (κ2) is 7.64. The van der Waals surface area contributed by atoms with E-state index in [-0.39, 0.29) is 11.3 Å². The van der Waals surface area contributed by atoms with Crippen molar-refractivity contribution in [3.63, 3.8) is 0 Å². The largest absolute Gasteiger partial charge is 0.474 e. The molecular weight excluding hydrogens is 357 g/mol. The molecule has 0 saturated heterocycles. The van der Waals surface area contributed by atoms with Gasteiger partial charge in [-0.05, 0) is 31.2 Å². The number of nitro groups is 1. The van der Waals surface area contributed by atoms with Gasteiger partial charge in [-0.25, -0.2) is 13.2 Å². The first-order valence-corrected chi connectivity index (χ1v) is 7.09. The second-order valence-electron chi connectivity index (χ2n) is 5.07. The van der Waals surface area contributed by atoms with Crippen LogP contribution in [-0.2, 0) is 4.79 Å². The van der Waals surface area contributed by atoms with Gasteiger partial charge in [0.15, 0.2) is 29.3 Å². The minimum Gasteiger partial charge on any atom is -0.474 e. The molecule has 136 valence electrons. The molecule has 2 aromatic carbocycles. The molecule has 0 aliphatic carbocycles. The molecule has 2 rings (SSSR count). The summed E-state index contributed by atoms with van der Waals surface area (Å²) in [6, 6.07) is 4.78. The summed E-state index contributed by atoms with van der Waals surface area (Å²) in [7, 11) is 0. The number of nitro benzene ring substituents is 1. The van der Waals surface area contributed by atoms with Crippen LogP contribution in [0.25, 0.3) is 0 Å².